The maximum atomic E-state index is 13.0. The van der Waals surface area contributed by atoms with E-state index in [0.717, 1.165) is 0 Å². The molecule has 5 nitrogen and oxygen atoms in total. The van der Waals surface area contributed by atoms with Crippen LogP contribution >= 0.6 is 23.2 Å². The zero-order valence-electron chi connectivity index (χ0n) is 13.3. The standard InChI is InChI=1S/C17H13Cl2NO4S/c1-23-14-6-4-11(8-15(14)24-2)25(21,22)16-9-20-13-7-10(18)3-5-12(13)17(16)19/h3-9H,1-2H3. The van der Waals surface area contributed by atoms with Crippen molar-refractivity contribution in [1.82, 2.24) is 4.98 Å². The van der Waals surface area contributed by atoms with Crippen molar-refractivity contribution < 1.29 is 17.9 Å². The van der Waals surface area contributed by atoms with Crippen molar-refractivity contribution in [2.24, 2.45) is 0 Å². The molecule has 0 fully saturated rings. The minimum atomic E-state index is -3.89. The molecule has 0 atom stereocenters. The van der Waals surface area contributed by atoms with Crippen LogP contribution in [0.3, 0.4) is 0 Å². The number of pyridine rings is 1. The van der Waals surface area contributed by atoms with E-state index in [4.69, 9.17) is 32.7 Å². The van der Waals surface area contributed by atoms with Crippen molar-refractivity contribution in [1.29, 1.82) is 0 Å². The Balaban J connectivity index is 2.19. The number of fused-ring (bicyclic) bond motifs is 1. The summed E-state index contributed by atoms with van der Waals surface area (Å²) in [7, 11) is -0.985. The number of sulfone groups is 1. The van der Waals surface area contributed by atoms with Crippen molar-refractivity contribution in [2.45, 2.75) is 9.79 Å². The Morgan fingerprint density at radius 3 is 2.36 bits per heavy atom. The van der Waals surface area contributed by atoms with E-state index in [1.165, 1.54) is 38.6 Å². The molecule has 0 saturated heterocycles. The Morgan fingerprint density at radius 1 is 0.960 bits per heavy atom. The van der Waals surface area contributed by atoms with Crippen LogP contribution in [0.4, 0.5) is 0 Å². The predicted molar refractivity (Wildman–Crippen MR) is 96.8 cm³/mol. The second-order valence-corrected chi connectivity index (χ2v) is 7.85. The number of methoxy groups -OCH3 is 2. The summed E-state index contributed by atoms with van der Waals surface area (Å²) in [6.07, 6.45) is 1.23. The van der Waals surface area contributed by atoms with Crippen LogP contribution in [0, 0.1) is 0 Å². The van der Waals surface area contributed by atoms with E-state index in [2.05, 4.69) is 4.98 Å². The number of nitrogens with zero attached hydrogens (tertiary/aromatic N) is 1. The molecule has 1 heterocycles. The van der Waals surface area contributed by atoms with Gasteiger partial charge in [-0.3, -0.25) is 4.98 Å². The van der Waals surface area contributed by atoms with Crippen molar-refractivity contribution in [2.75, 3.05) is 14.2 Å². The third-order valence-corrected chi connectivity index (χ3v) is 6.21. The van der Waals surface area contributed by atoms with E-state index >= 15 is 0 Å². The molecule has 0 aliphatic carbocycles. The van der Waals surface area contributed by atoms with E-state index in [1.807, 2.05) is 0 Å². The highest BCUT2D eigenvalue weighted by Crippen LogP contribution is 2.36. The van der Waals surface area contributed by atoms with Gasteiger partial charge in [-0.1, -0.05) is 23.2 Å². The summed E-state index contributed by atoms with van der Waals surface area (Å²) in [5, 5.41) is 1.09. The molecule has 0 aliphatic rings. The Labute approximate surface area is 155 Å². The first-order chi connectivity index (χ1) is 11.9. The molecule has 8 heteroatoms. The highest BCUT2D eigenvalue weighted by molar-refractivity contribution is 7.91. The summed E-state index contributed by atoms with van der Waals surface area (Å²) < 4.78 is 36.3. The Kier molecular flexibility index (Phi) is 4.77. The fourth-order valence-electron chi connectivity index (χ4n) is 2.41. The topological polar surface area (TPSA) is 65.5 Å². The SMILES string of the molecule is COc1ccc(S(=O)(=O)c2cnc3cc(Cl)ccc3c2Cl)cc1OC. The summed E-state index contributed by atoms with van der Waals surface area (Å²) in [6.45, 7) is 0. The molecule has 130 valence electrons. The van der Waals surface area contributed by atoms with Crippen molar-refractivity contribution in [3.05, 3.63) is 52.6 Å². The number of halogens is 2. The van der Waals surface area contributed by atoms with E-state index in [1.54, 1.807) is 18.2 Å². The zero-order chi connectivity index (χ0) is 18.2. The summed E-state index contributed by atoms with van der Waals surface area (Å²) >= 11 is 12.3. The summed E-state index contributed by atoms with van der Waals surface area (Å²) in [4.78, 5) is 4.11. The second kappa shape index (κ2) is 6.71. The highest BCUT2D eigenvalue weighted by atomic mass is 35.5. The van der Waals surface area contributed by atoms with Crippen molar-refractivity contribution >= 4 is 43.9 Å². The fourth-order valence-corrected chi connectivity index (χ4v) is 4.39. The van der Waals surface area contributed by atoms with Crippen LogP contribution < -0.4 is 9.47 Å². The molecule has 0 amide bonds. The van der Waals surface area contributed by atoms with Crippen LogP contribution in [-0.4, -0.2) is 27.6 Å². The molecule has 3 rings (SSSR count). The van der Waals surface area contributed by atoms with E-state index < -0.39 is 9.84 Å². The predicted octanol–water partition coefficient (Wildman–Crippen LogP) is 4.39. The molecule has 0 bridgehead atoms. The van der Waals surface area contributed by atoms with Crippen LogP contribution in [-0.2, 0) is 9.84 Å². The van der Waals surface area contributed by atoms with Gasteiger partial charge in [0.15, 0.2) is 11.5 Å². The minimum Gasteiger partial charge on any atom is -0.493 e. The summed E-state index contributed by atoms with van der Waals surface area (Å²) in [5.74, 6) is 0.735. The van der Waals surface area contributed by atoms with E-state index in [0.29, 0.717) is 27.4 Å². The van der Waals surface area contributed by atoms with Gasteiger partial charge in [-0.25, -0.2) is 8.42 Å². The lowest BCUT2D eigenvalue weighted by Gasteiger charge is -2.12. The largest absolute Gasteiger partial charge is 0.493 e. The quantitative estimate of drug-likeness (QED) is 0.652. The number of ether oxygens (including phenoxy) is 2. The molecule has 2 aromatic carbocycles. The Morgan fingerprint density at radius 2 is 1.68 bits per heavy atom. The van der Waals surface area contributed by atoms with Crippen molar-refractivity contribution in [3.63, 3.8) is 0 Å². The van der Waals surface area contributed by atoms with Gasteiger partial charge in [0.1, 0.15) is 4.90 Å². The van der Waals surface area contributed by atoms with Gasteiger partial charge in [-0.15, -0.1) is 0 Å². The maximum absolute atomic E-state index is 13.0. The first kappa shape index (κ1) is 17.8. The molecule has 0 unspecified atom stereocenters. The van der Waals surface area contributed by atoms with Gasteiger partial charge in [0.25, 0.3) is 0 Å². The molecule has 1 aromatic heterocycles. The number of rotatable bonds is 4. The monoisotopic (exact) mass is 397 g/mol. The molecule has 3 aromatic rings. The highest BCUT2D eigenvalue weighted by Gasteiger charge is 2.24. The smallest absolute Gasteiger partial charge is 0.209 e. The lowest BCUT2D eigenvalue weighted by molar-refractivity contribution is 0.354. The number of hydrogen-bond donors (Lipinski definition) is 0. The molecular weight excluding hydrogens is 385 g/mol. The zero-order valence-corrected chi connectivity index (χ0v) is 15.6. The average Bonchev–Trinajstić information content (AvgIpc) is 2.60. The van der Waals surface area contributed by atoms with Gasteiger partial charge >= 0.3 is 0 Å². The number of aromatic nitrogens is 1. The summed E-state index contributed by atoms with van der Waals surface area (Å²) in [5.41, 5.74) is 0.517. The third kappa shape index (κ3) is 3.13. The number of hydrogen-bond acceptors (Lipinski definition) is 5. The Hall–Kier alpha value is -2.02. The molecule has 25 heavy (non-hydrogen) atoms. The lowest BCUT2D eigenvalue weighted by atomic mass is 10.2. The number of benzene rings is 2. The molecular formula is C17H13Cl2NO4S. The first-order valence-electron chi connectivity index (χ1n) is 7.09. The fraction of sp³-hybridized carbons (Fsp3) is 0.118. The second-order valence-electron chi connectivity index (χ2n) is 5.12. The van der Waals surface area contributed by atoms with Gasteiger partial charge < -0.3 is 9.47 Å². The van der Waals surface area contributed by atoms with E-state index in [-0.39, 0.29) is 14.8 Å². The van der Waals surface area contributed by atoms with Gasteiger partial charge in [0.05, 0.1) is 29.7 Å². The first-order valence-corrected chi connectivity index (χ1v) is 9.33. The Bertz CT molecular complexity index is 1070. The molecule has 0 N–H and O–H groups in total. The van der Waals surface area contributed by atoms with Crippen LogP contribution in [0.25, 0.3) is 10.9 Å². The van der Waals surface area contributed by atoms with Gasteiger partial charge in [-0.05, 0) is 30.3 Å². The van der Waals surface area contributed by atoms with Gasteiger partial charge in [0.2, 0.25) is 9.84 Å². The molecule has 0 radical (unpaired) electrons. The lowest BCUT2D eigenvalue weighted by Crippen LogP contribution is -2.05. The van der Waals surface area contributed by atoms with Crippen LogP contribution in [0.15, 0.2) is 52.4 Å². The maximum Gasteiger partial charge on any atom is 0.209 e. The minimum absolute atomic E-state index is 0.0298. The molecule has 0 saturated carbocycles. The van der Waals surface area contributed by atoms with Gasteiger partial charge in [0, 0.05) is 22.7 Å². The van der Waals surface area contributed by atoms with Crippen molar-refractivity contribution in [3.8, 4) is 11.5 Å². The third-order valence-electron chi connectivity index (χ3n) is 3.69. The average molecular weight is 398 g/mol. The summed E-state index contributed by atoms with van der Waals surface area (Å²) in [6, 6.07) is 9.23. The molecule has 0 spiro atoms. The van der Waals surface area contributed by atoms with E-state index in [9.17, 15) is 8.42 Å². The van der Waals surface area contributed by atoms with Gasteiger partial charge in [-0.2, -0.15) is 0 Å². The van der Waals surface area contributed by atoms with Crippen LogP contribution in [0.1, 0.15) is 0 Å². The van der Waals surface area contributed by atoms with Crippen LogP contribution in [0.5, 0.6) is 11.5 Å². The molecule has 0 aliphatic heterocycles. The normalized spacial score (nSPS) is 11.5. The van der Waals surface area contributed by atoms with Crippen LogP contribution in [0.2, 0.25) is 10.0 Å².